The zero-order chi connectivity index (χ0) is 20.1. The molecule has 1 aliphatic heterocycles. The molecule has 1 atom stereocenters. The highest BCUT2D eigenvalue weighted by molar-refractivity contribution is 5.94. The molecule has 0 radical (unpaired) electrons. The summed E-state index contributed by atoms with van der Waals surface area (Å²) in [7, 11) is 0. The Morgan fingerprint density at radius 2 is 1.90 bits per heavy atom. The van der Waals surface area contributed by atoms with Gasteiger partial charge in [0.25, 0.3) is 5.91 Å². The molecule has 1 aromatic heterocycles. The second-order valence-electron chi connectivity index (χ2n) is 7.20. The number of carbonyl (C=O) groups is 1. The van der Waals surface area contributed by atoms with Gasteiger partial charge in [0.05, 0.1) is 11.8 Å². The lowest BCUT2D eigenvalue weighted by molar-refractivity contribution is 0.0858. The summed E-state index contributed by atoms with van der Waals surface area (Å²) >= 11 is 0. The van der Waals surface area contributed by atoms with E-state index in [0.29, 0.717) is 17.9 Å². The summed E-state index contributed by atoms with van der Waals surface area (Å²) in [4.78, 5) is 20.9. The topological polar surface area (TPSA) is 76.1 Å². The maximum atomic E-state index is 12.3. The molecule has 0 aliphatic carbocycles. The van der Waals surface area contributed by atoms with Crippen molar-refractivity contribution in [3.05, 3.63) is 72.1 Å². The van der Waals surface area contributed by atoms with Crippen LogP contribution in [0.4, 0.5) is 11.5 Å². The number of aryl methyl sites for hydroxylation is 1. The minimum atomic E-state index is -0.0873. The fraction of sp³-hybridized carbons (Fsp3) is 0.261. The second-order valence-corrected chi connectivity index (χ2v) is 7.20. The van der Waals surface area contributed by atoms with Gasteiger partial charge in [-0.15, -0.1) is 0 Å². The molecule has 29 heavy (non-hydrogen) atoms. The van der Waals surface area contributed by atoms with Gasteiger partial charge in [-0.1, -0.05) is 29.8 Å². The van der Waals surface area contributed by atoms with Gasteiger partial charge >= 0.3 is 0 Å². The fourth-order valence-electron chi connectivity index (χ4n) is 3.27. The molecule has 6 nitrogen and oxygen atoms in total. The fourth-order valence-corrected chi connectivity index (χ4v) is 3.27. The number of benzene rings is 2. The first-order valence-corrected chi connectivity index (χ1v) is 9.83. The molecule has 2 heterocycles. The second kappa shape index (κ2) is 8.84. The standard InChI is InChI=1S/C23H24N4O2/c1-16-4-6-17(7-5-16)21-13-22(26-15-25-21)27-19-10-8-18(9-11-19)23(28)24-14-20-3-2-12-29-20/h4-11,13,15,20H,2-3,12,14H2,1H3,(H,24,28)(H,25,26,27)/t20-/m1/s1. The van der Waals surface area contributed by atoms with Gasteiger partial charge in [0.1, 0.15) is 12.1 Å². The predicted octanol–water partition coefficient (Wildman–Crippen LogP) is 4.10. The van der Waals surface area contributed by atoms with E-state index in [1.54, 1.807) is 18.5 Å². The minimum absolute atomic E-state index is 0.0873. The summed E-state index contributed by atoms with van der Waals surface area (Å²) in [5.74, 6) is 0.613. The summed E-state index contributed by atoms with van der Waals surface area (Å²) in [6.45, 7) is 3.40. The Labute approximate surface area is 170 Å². The van der Waals surface area contributed by atoms with Crippen molar-refractivity contribution in [3.8, 4) is 11.3 Å². The lowest BCUT2D eigenvalue weighted by Crippen LogP contribution is -2.31. The zero-order valence-electron chi connectivity index (χ0n) is 16.4. The summed E-state index contributed by atoms with van der Waals surface area (Å²) < 4.78 is 5.54. The van der Waals surface area contributed by atoms with Crippen LogP contribution in [0.15, 0.2) is 60.9 Å². The van der Waals surface area contributed by atoms with E-state index in [9.17, 15) is 4.79 Å². The van der Waals surface area contributed by atoms with Crippen molar-refractivity contribution in [3.63, 3.8) is 0 Å². The lowest BCUT2D eigenvalue weighted by atomic mass is 10.1. The quantitative estimate of drug-likeness (QED) is 0.665. The predicted molar refractivity (Wildman–Crippen MR) is 113 cm³/mol. The van der Waals surface area contributed by atoms with Gasteiger partial charge in [0.2, 0.25) is 0 Å². The van der Waals surface area contributed by atoms with Crippen molar-refractivity contribution in [1.82, 2.24) is 15.3 Å². The number of hydrogen-bond acceptors (Lipinski definition) is 5. The van der Waals surface area contributed by atoms with Crippen LogP contribution in [0, 0.1) is 6.92 Å². The van der Waals surface area contributed by atoms with E-state index in [0.717, 1.165) is 36.4 Å². The van der Waals surface area contributed by atoms with E-state index in [2.05, 4.69) is 39.7 Å². The number of aromatic nitrogens is 2. The molecule has 2 N–H and O–H groups in total. The number of carbonyl (C=O) groups excluding carboxylic acids is 1. The van der Waals surface area contributed by atoms with E-state index >= 15 is 0 Å². The van der Waals surface area contributed by atoms with E-state index in [4.69, 9.17) is 4.74 Å². The largest absolute Gasteiger partial charge is 0.376 e. The third-order valence-electron chi connectivity index (χ3n) is 4.95. The molecule has 0 saturated carbocycles. The summed E-state index contributed by atoms with van der Waals surface area (Å²) in [5, 5.41) is 6.20. The molecule has 1 aliphatic rings. The molecule has 0 unspecified atom stereocenters. The molecular formula is C23H24N4O2. The molecule has 4 rings (SSSR count). The number of anilines is 2. The third-order valence-corrected chi connectivity index (χ3v) is 4.95. The maximum Gasteiger partial charge on any atom is 0.251 e. The van der Waals surface area contributed by atoms with E-state index in [-0.39, 0.29) is 12.0 Å². The third kappa shape index (κ3) is 4.97. The van der Waals surface area contributed by atoms with Crippen molar-refractivity contribution in [2.45, 2.75) is 25.9 Å². The van der Waals surface area contributed by atoms with E-state index in [1.165, 1.54) is 5.56 Å². The number of nitrogens with zero attached hydrogens (tertiary/aromatic N) is 2. The van der Waals surface area contributed by atoms with Crippen molar-refractivity contribution < 1.29 is 9.53 Å². The SMILES string of the molecule is Cc1ccc(-c2cc(Nc3ccc(C(=O)NC[C@H]4CCCO4)cc3)ncn2)cc1. The molecule has 0 bridgehead atoms. The smallest absolute Gasteiger partial charge is 0.251 e. The van der Waals surface area contributed by atoms with Crippen LogP contribution in [-0.4, -0.2) is 35.1 Å². The van der Waals surface area contributed by atoms with Crippen molar-refractivity contribution >= 4 is 17.4 Å². The summed E-state index contributed by atoms with van der Waals surface area (Å²) in [5.41, 5.74) is 4.58. The molecule has 0 spiro atoms. The van der Waals surface area contributed by atoms with Crippen LogP contribution in [0.3, 0.4) is 0 Å². The van der Waals surface area contributed by atoms with Gasteiger partial charge in [0.15, 0.2) is 0 Å². The molecule has 1 fully saturated rings. The van der Waals surface area contributed by atoms with Gasteiger partial charge in [0, 0.05) is 36.0 Å². The van der Waals surface area contributed by atoms with Crippen LogP contribution in [0.2, 0.25) is 0 Å². The van der Waals surface area contributed by atoms with Crippen molar-refractivity contribution in [1.29, 1.82) is 0 Å². The van der Waals surface area contributed by atoms with Gasteiger partial charge in [-0.25, -0.2) is 9.97 Å². The maximum absolute atomic E-state index is 12.3. The summed E-state index contributed by atoms with van der Waals surface area (Å²) in [6, 6.07) is 17.5. The molecule has 2 aromatic carbocycles. The van der Waals surface area contributed by atoms with Gasteiger partial charge in [-0.2, -0.15) is 0 Å². The van der Waals surface area contributed by atoms with Gasteiger partial charge in [-0.3, -0.25) is 4.79 Å². The monoisotopic (exact) mass is 388 g/mol. The van der Waals surface area contributed by atoms with Gasteiger partial charge in [-0.05, 0) is 44.0 Å². The Morgan fingerprint density at radius 1 is 1.10 bits per heavy atom. The number of ether oxygens (including phenoxy) is 1. The molecule has 1 saturated heterocycles. The van der Waals surface area contributed by atoms with Gasteiger partial charge < -0.3 is 15.4 Å². The van der Waals surface area contributed by atoms with Crippen molar-refractivity contribution in [2.24, 2.45) is 0 Å². The Morgan fingerprint density at radius 3 is 2.62 bits per heavy atom. The lowest BCUT2D eigenvalue weighted by Gasteiger charge is -2.11. The highest BCUT2D eigenvalue weighted by Crippen LogP contribution is 2.21. The number of amides is 1. The first-order chi connectivity index (χ1) is 14.2. The average Bonchev–Trinajstić information content (AvgIpc) is 3.27. The molecular weight excluding hydrogens is 364 g/mol. The van der Waals surface area contributed by atoms with Crippen LogP contribution >= 0.6 is 0 Å². The van der Waals surface area contributed by atoms with Crippen LogP contribution in [0.25, 0.3) is 11.3 Å². The van der Waals surface area contributed by atoms with Crippen LogP contribution in [0.1, 0.15) is 28.8 Å². The van der Waals surface area contributed by atoms with Crippen LogP contribution < -0.4 is 10.6 Å². The average molecular weight is 388 g/mol. The van der Waals surface area contributed by atoms with Crippen LogP contribution in [0.5, 0.6) is 0 Å². The molecule has 148 valence electrons. The number of nitrogens with one attached hydrogen (secondary N) is 2. The molecule has 3 aromatic rings. The Bertz CT molecular complexity index is 965. The highest BCUT2D eigenvalue weighted by atomic mass is 16.5. The Kier molecular flexibility index (Phi) is 5.81. The highest BCUT2D eigenvalue weighted by Gasteiger charge is 2.16. The van der Waals surface area contributed by atoms with Crippen molar-refractivity contribution in [2.75, 3.05) is 18.5 Å². The van der Waals surface area contributed by atoms with E-state index in [1.807, 2.05) is 30.3 Å². The van der Waals surface area contributed by atoms with Crippen LogP contribution in [-0.2, 0) is 4.74 Å². The number of rotatable bonds is 6. The normalized spacial score (nSPS) is 15.8. The molecule has 6 heteroatoms. The summed E-state index contributed by atoms with van der Waals surface area (Å²) in [6.07, 6.45) is 3.76. The Balaban J connectivity index is 1.39. The number of hydrogen-bond donors (Lipinski definition) is 2. The molecule has 1 amide bonds. The Hall–Kier alpha value is -3.25. The van der Waals surface area contributed by atoms with E-state index < -0.39 is 0 Å². The minimum Gasteiger partial charge on any atom is -0.376 e. The first kappa shape index (κ1) is 19.1. The zero-order valence-corrected chi connectivity index (χ0v) is 16.4. The first-order valence-electron chi connectivity index (χ1n) is 9.83.